The van der Waals surface area contributed by atoms with Gasteiger partial charge in [0.15, 0.2) is 5.71 Å². The Morgan fingerprint density at radius 3 is 2.52 bits per heavy atom. The number of benzene rings is 2. The molecule has 0 aliphatic rings. The quantitative estimate of drug-likeness (QED) is 0.331. The van der Waals surface area contributed by atoms with Gasteiger partial charge in [0.2, 0.25) is 5.89 Å². The zero-order valence-corrected chi connectivity index (χ0v) is 17.3. The van der Waals surface area contributed by atoms with Gasteiger partial charge in [-0.3, -0.25) is 4.79 Å². The molecule has 1 N–H and O–H groups in total. The lowest BCUT2D eigenvalue weighted by atomic mass is 10.0. The highest BCUT2D eigenvalue weighted by Crippen LogP contribution is 2.32. The van der Waals surface area contributed by atoms with Crippen LogP contribution in [0.4, 0.5) is 13.2 Å². The second-order valence-electron chi connectivity index (χ2n) is 6.10. The van der Waals surface area contributed by atoms with Crippen LogP contribution in [0.2, 0.25) is 0 Å². The SMILES string of the molecule is CNC(=O)/C(=N/OC)c1ccccc1CSc1nnc(-c2ccc(C(F)(F)F)cc2)o1. The third-order valence-corrected chi connectivity index (χ3v) is 4.98. The van der Waals surface area contributed by atoms with E-state index >= 15 is 0 Å². The number of carbonyl (C=O) groups is 1. The average molecular weight is 450 g/mol. The molecule has 0 fully saturated rings. The molecule has 0 unspecified atom stereocenters. The molecule has 3 aromatic rings. The van der Waals surface area contributed by atoms with Gasteiger partial charge < -0.3 is 14.6 Å². The summed E-state index contributed by atoms with van der Waals surface area (Å²) in [4.78, 5) is 16.9. The molecular formula is C20H17F3N4O3S. The number of carbonyl (C=O) groups excluding carboxylic acids is 1. The highest BCUT2D eigenvalue weighted by atomic mass is 32.2. The predicted octanol–water partition coefficient (Wildman–Crippen LogP) is 4.14. The molecule has 0 saturated heterocycles. The first-order valence-electron chi connectivity index (χ1n) is 8.89. The van der Waals surface area contributed by atoms with Gasteiger partial charge in [0.05, 0.1) is 5.56 Å². The van der Waals surface area contributed by atoms with E-state index in [1.54, 1.807) is 12.1 Å². The van der Waals surface area contributed by atoms with Crippen LogP contribution in [0.5, 0.6) is 0 Å². The van der Waals surface area contributed by atoms with E-state index in [2.05, 4.69) is 20.7 Å². The fraction of sp³-hybridized carbons (Fsp3) is 0.200. The summed E-state index contributed by atoms with van der Waals surface area (Å²) in [6, 6.07) is 11.6. The lowest BCUT2D eigenvalue weighted by Crippen LogP contribution is -2.29. The topological polar surface area (TPSA) is 89.6 Å². The summed E-state index contributed by atoms with van der Waals surface area (Å²) < 4.78 is 43.7. The Bertz CT molecular complexity index is 1080. The summed E-state index contributed by atoms with van der Waals surface area (Å²) in [5, 5.41) is 14.4. The maximum Gasteiger partial charge on any atom is 0.416 e. The van der Waals surface area contributed by atoms with Crippen LogP contribution >= 0.6 is 11.8 Å². The number of hydrogen-bond acceptors (Lipinski definition) is 7. The average Bonchev–Trinajstić information content (AvgIpc) is 3.24. The first-order chi connectivity index (χ1) is 14.8. The number of halogens is 3. The van der Waals surface area contributed by atoms with Crippen LogP contribution in [-0.2, 0) is 21.6 Å². The number of oxime groups is 1. The Hall–Kier alpha value is -3.34. The van der Waals surface area contributed by atoms with Crippen molar-refractivity contribution in [1.29, 1.82) is 0 Å². The number of thioether (sulfide) groups is 1. The van der Waals surface area contributed by atoms with E-state index in [9.17, 15) is 18.0 Å². The van der Waals surface area contributed by atoms with E-state index in [1.807, 2.05) is 12.1 Å². The van der Waals surface area contributed by atoms with Crippen molar-refractivity contribution in [3.05, 3.63) is 65.2 Å². The zero-order valence-electron chi connectivity index (χ0n) is 16.4. The van der Waals surface area contributed by atoms with Crippen LogP contribution in [0.15, 0.2) is 63.3 Å². The Morgan fingerprint density at radius 2 is 1.87 bits per heavy atom. The molecule has 2 aromatic carbocycles. The second-order valence-corrected chi connectivity index (χ2v) is 7.02. The molecule has 0 spiro atoms. The Kier molecular flexibility index (Phi) is 6.95. The summed E-state index contributed by atoms with van der Waals surface area (Å²) in [5.74, 6) is 0.0862. The van der Waals surface area contributed by atoms with Crippen LogP contribution in [0, 0.1) is 0 Å². The van der Waals surface area contributed by atoms with Crippen molar-refractivity contribution in [2.24, 2.45) is 5.16 Å². The van der Waals surface area contributed by atoms with Crippen molar-refractivity contribution in [3.63, 3.8) is 0 Å². The van der Waals surface area contributed by atoms with Crippen LogP contribution < -0.4 is 5.32 Å². The van der Waals surface area contributed by atoms with Gasteiger partial charge in [-0.05, 0) is 29.8 Å². The largest absolute Gasteiger partial charge is 0.416 e. The van der Waals surface area contributed by atoms with Crippen LogP contribution in [0.25, 0.3) is 11.5 Å². The minimum Gasteiger partial charge on any atom is -0.411 e. The third-order valence-electron chi connectivity index (χ3n) is 4.11. The lowest BCUT2D eigenvalue weighted by molar-refractivity contribution is -0.137. The minimum atomic E-state index is -4.42. The Labute approximate surface area is 179 Å². The highest BCUT2D eigenvalue weighted by molar-refractivity contribution is 7.98. The molecular weight excluding hydrogens is 433 g/mol. The van der Waals surface area contributed by atoms with Gasteiger partial charge in [-0.25, -0.2) is 0 Å². The summed E-state index contributed by atoms with van der Waals surface area (Å²) >= 11 is 1.22. The first kappa shape index (κ1) is 22.3. The number of likely N-dealkylation sites (N-methyl/N-ethyl adjacent to an activating group) is 1. The van der Waals surface area contributed by atoms with E-state index in [0.29, 0.717) is 16.9 Å². The highest BCUT2D eigenvalue weighted by Gasteiger charge is 2.30. The monoisotopic (exact) mass is 450 g/mol. The summed E-state index contributed by atoms with van der Waals surface area (Å²) in [6.07, 6.45) is -4.42. The number of nitrogens with zero attached hydrogens (tertiary/aromatic N) is 3. The molecule has 0 aliphatic heterocycles. The molecule has 0 radical (unpaired) electrons. The second kappa shape index (κ2) is 9.65. The summed E-state index contributed by atoms with van der Waals surface area (Å²) in [5.41, 5.74) is 1.10. The van der Waals surface area contributed by atoms with E-state index in [0.717, 1.165) is 17.7 Å². The van der Waals surface area contributed by atoms with Crippen molar-refractivity contribution < 1.29 is 27.2 Å². The molecule has 1 heterocycles. The maximum atomic E-state index is 12.7. The molecule has 31 heavy (non-hydrogen) atoms. The third kappa shape index (κ3) is 5.43. The molecule has 3 rings (SSSR count). The summed E-state index contributed by atoms with van der Waals surface area (Å²) in [7, 11) is 2.84. The van der Waals surface area contributed by atoms with Crippen LogP contribution in [0.1, 0.15) is 16.7 Å². The standard InChI is InChI=1S/C20H17F3N4O3S/c1-24-17(28)16(27-29-2)15-6-4-3-5-13(15)11-31-19-26-25-18(30-19)12-7-9-14(10-8-12)20(21,22)23/h3-10H,11H2,1-2H3,(H,24,28)/b27-16+. The maximum absolute atomic E-state index is 12.7. The van der Waals surface area contributed by atoms with E-state index in [1.165, 1.54) is 38.1 Å². The number of amides is 1. The van der Waals surface area contributed by atoms with Gasteiger partial charge in [0.25, 0.3) is 11.1 Å². The van der Waals surface area contributed by atoms with Gasteiger partial charge in [-0.1, -0.05) is 41.2 Å². The fourth-order valence-corrected chi connectivity index (χ4v) is 3.39. The van der Waals surface area contributed by atoms with Crippen LogP contribution in [-0.4, -0.2) is 36.0 Å². The van der Waals surface area contributed by atoms with Gasteiger partial charge in [0.1, 0.15) is 7.11 Å². The van der Waals surface area contributed by atoms with E-state index < -0.39 is 17.6 Å². The number of hydrogen-bond donors (Lipinski definition) is 1. The number of alkyl halides is 3. The molecule has 7 nitrogen and oxygen atoms in total. The normalized spacial score (nSPS) is 12.0. The van der Waals surface area contributed by atoms with E-state index in [4.69, 9.17) is 9.25 Å². The Morgan fingerprint density at radius 1 is 1.16 bits per heavy atom. The predicted molar refractivity (Wildman–Crippen MR) is 108 cm³/mol. The van der Waals surface area contributed by atoms with Crippen molar-refractivity contribution >= 4 is 23.4 Å². The molecule has 1 amide bonds. The Balaban J connectivity index is 1.76. The van der Waals surface area contributed by atoms with Gasteiger partial charge in [-0.15, -0.1) is 10.2 Å². The minimum absolute atomic E-state index is 0.108. The fourth-order valence-electron chi connectivity index (χ4n) is 2.63. The molecule has 0 aliphatic carbocycles. The molecule has 0 atom stereocenters. The molecule has 162 valence electrons. The summed E-state index contributed by atoms with van der Waals surface area (Å²) in [6.45, 7) is 0. The number of aromatic nitrogens is 2. The lowest BCUT2D eigenvalue weighted by Gasteiger charge is -2.09. The van der Waals surface area contributed by atoms with Crippen molar-refractivity contribution in [2.75, 3.05) is 14.2 Å². The molecule has 11 heteroatoms. The van der Waals surface area contributed by atoms with Crippen LogP contribution in [0.3, 0.4) is 0 Å². The van der Waals surface area contributed by atoms with Crippen molar-refractivity contribution in [1.82, 2.24) is 15.5 Å². The van der Waals surface area contributed by atoms with Crippen molar-refractivity contribution in [2.45, 2.75) is 17.2 Å². The van der Waals surface area contributed by atoms with E-state index in [-0.39, 0.29) is 16.8 Å². The van der Waals surface area contributed by atoms with Gasteiger partial charge in [-0.2, -0.15) is 13.2 Å². The van der Waals surface area contributed by atoms with Gasteiger partial charge in [0, 0.05) is 23.9 Å². The molecule has 0 bridgehead atoms. The molecule has 0 saturated carbocycles. The number of nitrogens with one attached hydrogen (secondary N) is 1. The smallest absolute Gasteiger partial charge is 0.411 e. The van der Waals surface area contributed by atoms with Crippen molar-refractivity contribution in [3.8, 4) is 11.5 Å². The van der Waals surface area contributed by atoms with Gasteiger partial charge >= 0.3 is 6.18 Å². The molecule has 1 aromatic heterocycles. The first-order valence-corrected chi connectivity index (χ1v) is 9.87. The zero-order chi connectivity index (χ0) is 22.4. The number of rotatable bonds is 7.